The van der Waals surface area contributed by atoms with E-state index in [1.807, 2.05) is 24.3 Å². The van der Waals surface area contributed by atoms with Gasteiger partial charge in [-0.25, -0.2) is 4.39 Å². The smallest absolute Gasteiger partial charge is 0.253 e. The lowest BCUT2D eigenvalue weighted by atomic mass is 10.1. The summed E-state index contributed by atoms with van der Waals surface area (Å²) in [5.41, 5.74) is 2.50. The van der Waals surface area contributed by atoms with E-state index in [2.05, 4.69) is 10.3 Å². The number of halogens is 1. The van der Waals surface area contributed by atoms with Crippen LogP contribution in [-0.4, -0.2) is 10.9 Å². The molecular formula is C18H15FN2O. The quantitative estimate of drug-likeness (QED) is 0.801. The lowest BCUT2D eigenvalue weighted by Crippen LogP contribution is -2.23. The Labute approximate surface area is 127 Å². The van der Waals surface area contributed by atoms with Crippen molar-refractivity contribution in [2.24, 2.45) is 0 Å². The summed E-state index contributed by atoms with van der Waals surface area (Å²) in [4.78, 5) is 16.6. The van der Waals surface area contributed by atoms with Crippen LogP contribution in [0.4, 0.5) is 4.39 Å². The molecule has 0 atom stereocenters. The molecule has 1 heterocycles. The number of hydrogen-bond donors (Lipinski definition) is 1. The van der Waals surface area contributed by atoms with Crippen molar-refractivity contribution < 1.29 is 9.18 Å². The number of hydrogen-bond acceptors (Lipinski definition) is 2. The van der Waals surface area contributed by atoms with Crippen molar-refractivity contribution in [1.82, 2.24) is 10.3 Å². The maximum Gasteiger partial charge on any atom is 0.253 e. The number of aromatic nitrogens is 1. The first kappa shape index (κ1) is 14.2. The Balaban J connectivity index is 1.80. The number of fused-ring (bicyclic) bond motifs is 1. The molecule has 1 N–H and O–H groups in total. The van der Waals surface area contributed by atoms with Crippen LogP contribution >= 0.6 is 0 Å². The van der Waals surface area contributed by atoms with Crippen LogP contribution in [0.25, 0.3) is 10.9 Å². The van der Waals surface area contributed by atoms with Gasteiger partial charge in [-0.2, -0.15) is 0 Å². The van der Waals surface area contributed by atoms with Gasteiger partial charge >= 0.3 is 0 Å². The molecule has 0 fully saturated rings. The molecule has 3 nitrogen and oxygen atoms in total. The molecule has 0 radical (unpaired) electrons. The largest absolute Gasteiger partial charge is 0.348 e. The van der Waals surface area contributed by atoms with E-state index in [4.69, 9.17) is 0 Å². The summed E-state index contributed by atoms with van der Waals surface area (Å²) in [6.07, 6.45) is 1.66. The fourth-order valence-electron chi connectivity index (χ4n) is 2.31. The van der Waals surface area contributed by atoms with Crippen molar-refractivity contribution in [3.05, 3.63) is 77.2 Å². The van der Waals surface area contributed by atoms with Gasteiger partial charge in [-0.1, -0.05) is 30.3 Å². The molecule has 0 aliphatic rings. The molecular weight excluding hydrogens is 279 g/mol. The summed E-state index contributed by atoms with van der Waals surface area (Å²) in [5, 5.41) is 3.72. The molecule has 0 aliphatic carbocycles. The maximum atomic E-state index is 13.5. The number of carbonyl (C=O) groups is 1. The van der Waals surface area contributed by atoms with Gasteiger partial charge in [0.25, 0.3) is 5.91 Å². The van der Waals surface area contributed by atoms with Crippen molar-refractivity contribution in [1.29, 1.82) is 0 Å². The Hall–Kier alpha value is -2.75. The van der Waals surface area contributed by atoms with Crippen molar-refractivity contribution in [3.8, 4) is 0 Å². The first-order chi connectivity index (χ1) is 10.6. The number of aryl methyl sites for hydroxylation is 1. The van der Waals surface area contributed by atoms with E-state index >= 15 is 0 Å². The predicted octanol–water partition coefficient (Wildman–Crippen LogP) is 3.61. The van der Waals surface area contributed by atoms with Crippen LogP contribution in [0.3, 0.4) is 0 Å². The maximum absolute atomic E-state index is 13.5. The highest BCUT2D eigenvalue weighted by Gasteiger charge is 2.10. The van der Waals surface area contributed by atoms with Crippen LogP contribution < -0.4 is 5.32 Å². The van der Waals surface area contributed by atoms with Crippen LogP contribution in [0.5, 0.6) is 0 Å². The number of carbonyl (C=O) groups excluding carboxylic acids is 1. The van der Waals surface area contributed by atoms with Gasteiger partial charge in [0.15, 0.2) is 0 Å². The van der Waals surface area contributed by atoms with E-state index in [1.54, 1.807) is 31.3 Å². The molecule has 0 saturated heterocycles. The minimum absolute atomic E-state index is 0.217. The summed E-state index contributed by atoms with van der Waals surface area (Å²) < 4.78 is 13.5. The van der Waals surface area contributed by atoms with Crippen molar-refractivity contribution in [2.75, 3.05) is 0 Å². The van der Waals surface area contributed by atoms with E-state index in [9.17, 15) is 9.18 Å². The molecule has 0 unspecified atom stereocenters. The van der Waals surface area contributed by atoms with Gasteiger partial charge in [0, 0.05) is 18.1 Å². The summed E-state index contributed by atoms with van der Waals surface area (Å²) >= 11 is 0. The van der Waals surface area contributed by atoms with E-state index in [-0.39, 0.29) is 18.3 Å². The summed E-state index contributed by atoms with van der Waals surface area (Å²) in [7, 11) is 0. The predicted molar refractivity (Wildman–Crippen MR) is 84.1 cm³/mol. The van der Waals surface area contributed by atoms with E-state index in [0.29, 0.717) is 16.6 Å². The Morgan fingerprint density at radius 1 is 1.18 bits per heavy atom. The molecule has 0 bridgehead atoms. The Morgan fingerprint density at radius 2 is 2.00 bits per heavy atom. The third-order valence-corrected chi connectivity index (χ3v) is 3.57. The zero-order valence-electron chi connectivity index (χ0n) is 12.1. The number of amides is 1. The zero-order chi connectivity index (χ0) is 15.5. The summed E-state index contributed by atoms with van der Waals surface area (Å²) in [5.74, 6) is -0.483. The molecule has 3 aromatic rings. The minimum atomic E-state index is -0.265. The molecule has 0 saturated carbocycles. The average molecular weight is 294 g/mol. The van der Waals surface area contributed by atoms with Crippen LogP contribution in [0, 0.1) is 12.7 Å². The molecule has 3 rings (SSSR count). The van der Waals surface area contributed by atoms with Crippen LogP contribution in [0.15, 0.2) is 54.7 Å². The molecule has 1 amide bonds. The first-order valence-corrected chi connectivity index (χ1v) is 7.02. The standard InChI is InChI=1S/C18H15FN2O/c1-12-7-8-13(10-16(12)19)11-21-18(22)15-6-2-4-14-5-3-9-20-17(14)15/h2-10H,11H2,1H3,(H,21,22). The number of nitrogens with one attached hydrogen (secondary N) is 1. The van der Waals surface area contributed by atoms with Crippen molar-refractivity contribution in [3.63, 3.8) is 0 Å². The Kier molecular flexibility index (Phi) is 3.83. The van der Waals surface area contributed by atoms with Crippen LogP contribution in [-0.2, 0) is 6.54 Å². The highest BCUT2D eigenvalue weighted by molar-refractivity contribution is 6.05. The van der Waals surface area contributed by atoms with E-state index in [0.717, 1.165) is 10.9 Å². The normalized spacial score (nSPS) is 10.6. The second-order valence-electron chi connectivity index (χ2n) is 5.15. The van der Waals surface area contributed by atoms with E-state index in [1.165, 1.54) is 6.07 Å². The fourth-order valence-corrected chi connectivity index (χ4v) is 2.31. The molecule has 2 aromatic carbocycles. The number of pyridine rings is 1. The third-order valence-electron chi connectivity index (χ3n) is 3.57. The van der Waals surface area contributed by atoms with Crippen molar-refractivity contribution in [2.45, 2.75) is 13.5 Å². The van der Waals surface area contributed by atoms with E-state index < -0.39 is 0 Å². The molecule has 22 heavy (non-hydrogen) atoms. The molecule has 0 spiro atoms. The van der Waals surface area contributed by atoms with Gasteiger partial charge in [-0.3, -0.25) is 9.78 Å². The monoisotopic (exact) mass is 294 g/mol. The number of para-hydroxylation sites is 1. The second kappa shape index (κ2) is 5.93. The number of benzene rings is 2. The Morgan fingerprint density at radius 3 is 2.82 bits per heavy atom. The highest BCUT2D eigenvalue weighted by Crippen LogP contribution is 2.16. The first-order valence-electron chi connectivity index (χ1n) is 7.02. The van der Waals surface area contributed by atoms with Gasteiger partial charge in [0.2, 0.25) is 0 Å². The molecule has 1 aromatic heterocycles. The van der Waals surface area contributed by atoms with Gasteiger partial charge in [0.1, 0.15) is 5.82 Å². The van der Waals surface area contributed by atoms with Gasteiger partial charge < -0.3 is 5.32 Å². The van der Waals surface area contributed by atoms with Crippen LogP contribution in [0.1, 0.15) is 21.5 Å². The second-order valence-corrected chi connectivity index (χ2v) is 5.15. The summed E-state index contributed by atoms with van der Waals surface area (Å²) in [6.45, 7) is 1.98. The van der Waals surface area contributed by atoms with Crippen molar-refractivity contribution >= 4 is 16.8 Å². The lowest BCUT2D eigenvalue weighted by Gasteiger charge is -2.08. The molecule has 110 valence electrons. The van der Waals surface area contributed by atoms with Gasteiger partial charge in [-0.15, -0.1) is 0 Å². The number of rotatable bonds is 3. The molecule has 0 aliphatic heterocycles. The topological polar surface area (TPSA) is 42.0 Å². The fraction of sp³-hybridized carbons (Fsp3) is 0.111. The minimum Gasteiger partial charge on any atom is -0.348 e. The lowest BCUT2D eigenvalue weighted by molar-refractivity contribution is 0.0952. The molecule has 4 heteroatoms. The highest BCUT2D eigenvalue weighted by atomic mass is 19.1. The zero-order valence-corrected chi connectivity index (χ0v) is 12.1. The van der Waals surface area contributed by atoms with Crippen LogP contribution in [0.2, 0.25) is 0 Å². The number of nitrogens with zero attached hydrogens (tertiary/aromatic N) is 1. The average Bonchev–Trinajstić information content (AvgIpc) is 2.55. The Bertz CT molecular complexity index is 840. The van der Waals surface area contributed by atoms with Gasteiger partial charge in [-0.05, 0) is 36.2 Å². The summed E-state index contributed by atoms with van der Waals surface area (Å²) in [6, 6.07) is 14.2. The SMILES string of the molecule is Cc1ccc(CNC(=O)c2cccc3cccnc23)cc1F. The van der Waals surface area contributed by atoms with Gasteiger partial charge in [0.05, 0.1) is 11.1 Å². The third kappa shape index (κ3) is 2.81.